The van der Waals surface area contributed by atoms with E-state index in [1.54, 1.807) is 4.90 Å². The van der Waals surface area contributed by atoms with Crippen molar-refractivity contribution < 1.29 is 4.79 Å². The molecule has 2 aromatic rings. The molecule has 3 rings (SSSR count). The number of amides is 2. The number of carbonyl (C=O) groups is 1. The van der Waals surface area contributed by atoms with Gasteiger partial charge < -0.3 is 15.1 Å². The first-order valence-electron chi connectivity index (χ1n) is 8.72. The van der Waals surface area contributed by atoms with E-state index in [1.165, 1.54) is 11.3 Å². The zero-order valence-corrected chi connectivity index (χ0v) is 16.8. The third-order valence-electron chi connectivity index (χ3n) is 4.71. The Morgan fingerprint density at radius 3 is 3.04 bits per heavy atom. The number of hydrogen-bond acceptors (Lipinski definition) is 6. The lowest BCUT2D eigenvalue weighted by Gasteiger charge is -2.37. The minimum absolute atomic E-state index is 0.0835. The number of urea groups is 1. The van der Waals surface area contributed by atoms with Crippen molar-refractivity contribution in [3.05, 3.63) is 39.4 Å². The van der Waals surface area contributed by atoms with Crippen molar-refractivity contribution in [2.45, 2.75) is 32.4 Å². The van der Waals surface area contributed by atoms with Gasteiger partial charge in [0.1, 0.15) is 6.07 Å². The average Bonchev–Trinajstić information content (AvgIpc) is 3.17. The molecule has 2 amide bonds. The number of anilines is 1. The maximum Gasteiger partial charge on any atom is 0.317 e. The molecule has 27 heavy (non-hydrogen) atoms. The largest absolute Gasteiger partial charge is 0.345 e. The summed E-state index contributed by atoms with van der Waals surface area (Å²) in [5.74, 6) is 0. The van der Waals surface area contributed by atoms with Gasteiger partial charge in [0.05, 0.1) is 6.04 Å². The number of benzene rings is 1. The second-order valence-corrected chi connectivity index (χ2v) is 7.96. The second-order valence-electron chi connectivity index (χ2n) is 6.60. The van der Waals surface area contributed by atoms with Crippen molar-refractivity contribution in [2.24, 2.45) is 0 Å². The zero-order valence-electron chi connectivity index (χ0n) is 15.3. The fourth-order valence-electron chi connectivity index (χ4n) is 3.12. The highest BCUT2D eigenvalue weighted by Gasteiger charge is 2.27. The van der Waals surface area contributed by atoms with E-state index in [-0.39, 0.29) is 12.1 Å². The molecule has 0 unspecified atom stereocenters. The number of aryl methyl sites for hydroxylation is 1. The highest BCUT2D eigenvalue weighted by molar-refractivity contribution is 7.15. The Balaban J connectivity index is 1.57. The quantitative estimate of drug-likeness (QED) is 0.845. The second kappa shape index (κ2) is 8.55. The molecule has 0 spiro atoms. The monoisotopic (exact) mass is 404 g/mol. The molecular formula is C18H21ClN6OS. The maximum atomic E-state index is 12.6. The summed E-state index contributed by atoms with van der Waals surface area (Å²) in [6, 6.07) is 7.73. The van der Waals surface area contributed by atoms with Crippen LogP contribution in [-0.4, -0.2) is 47.3 Å². The molecule has 7 nitrogen and oxygen atoms in total. The minimum Gasteiger partial charge on any atom is -0.345 e. The number of carbonyl (C=O) groups excluding carboxylic acids is 1. The third kappa shape index (κ3) is 4.67. The maximum absolute atomic E-state index is 12.6. The molecule has 142 valence electrons. The topological polar surface area (TPSA) is 85.2 Å². The highest BCUT2D eigenvalue weighted by Crippen LogP contribution is 2.25. The first kappa shape index (κ1) is 19.4. The van der Waals surface area contributed by atoms with Gasteiger partial charge in [0.2, 0.25) is 10.1 Å². The van der Waals surface area contributed by atoms with Crippen molar-refractivity contribution in [2.75, 3.05) is 25.0 Å². The van der Waals surface area contributed by atoms with Gasteiger partial charge in [0.15, 0.2) is 0 Å². The van der Waals surface area contributed by atoms with Gasteiger partial charge in [-0.05, 0) is 37.0 Å². The highest BCUT2D eigenvalue weighted by atomic mass is 35.5. The molecule has 9 heteroatoms. The van der Waals surface area contributed by atoms with Crippen LogP contribution in [0.15, 0.2) is 18.2 Å². The lowest BCUT2D eigenvalue weighted by molar-refractivity contribution is 0.182. The van der Waals surface area contributed by atoms with Crippen LogP contribution in [-0.2, 0) is 6.54 Å². The predicted molar refractivity (Wildman–Crippen MR) is 106 cm³/mol. The fourth-order valence-corrected chi connectivity index (χ4v) is 3.91. The summed E-state index contributed by atoms with van der Waals surface area (Å²) in [5.41, 5.74) is 2.01. The number of nitrogens with zero attached hydrogens (tertiary/aromatic N) is 5. The molecule has 1 N–H and O–H groups in total. The molecule has 1 atom stereocenters. The number of hydrogen-bond donors (Lipinski definition) is 1. The fraction of sp³-hybridized carbons (Fsp3) is 0.444. The van der Waals surface area contributed by atoms with Crippen LogP contribution in [0.25, 0.3) is 0 Å². The van der Waals surface area contributed by atoms with Gasteiger partial charge in [-0.25, -0.2) is 4.79 Å². The van der Waals surface area contributed by atoms with Crippen molar-refractivity contribution in [1.82, 2.24) is 20.4 Å². The predicted octanol–water partition coefficient (Wildman–Crippen LogP) is 3.18. The third-order valence-corrected chi connectivity index (χ3v) is 6.02. The normalized spacial score (nSPS) is 16.7. The molecule has 0 radical (unpaired) electrons. The van der Waals surface area contributed by atoms with Crippen LogP contribution in [0.4, 0.5) is 9.93 Å². The van der Waals surface area contributed by atoms with E-state index in [0.717, 1.165) is 40.7 Å². The van der Waals surface area contributed by atoms with Gasteiger partial charge in [-0.15, -0.1) is 10.2 Å². The van der Waals surface area contributed by atoms with E-state index in [1.807, 2.05) is 38.2 Å². The van der Waals surface area contributed by atoms with Crippen molar-refractivity contribution in [3.63, 3.8) is 0 Å². The lowest BCUT2D eigenvalue weighted by Crippen LogP contribution is -2.51. The standard InChI is InChI=1S/C18H21ClN6OS/c1-12-8-13(5-6-15(12)19)10-21-17(26)24(2)14-4-3-7-25(11-14)18-23-22-16(9-20)27-18/h5-6,8,14H,3-4,7,10-11H2,1-2H3,(H,21,26)/t14-/m1/s1. The van der Waals surface area contributed by atoms with Crippen molar-refractivity contribution in [1.29, 1.82) is 5.26 Å². The number of rotatable bonds is 4. The Hall–Kier alpha value is -2.37. The number of nitriles is 1. The molecule has 2 heterocycles. The molecule has 0 aliphatic carbocycles. The van der Waals surface area contributed by atoms with E-state index >= 15 is 0 Å². The van der Waals surface area contributed by atoms with Gasteiger partial charge in [-0.3, -0.25) is 0 Å². The number of piperidine rings is 1. The Bertz CT molecular complexity index is 864. The van der Waals surface area contributed by atoms with E-state index in [0.29, 0.717) is 18.1 Å². The molecule has 1 aromatic carbocycles. The number of halogens is 1. The first-order valence-corrected chi connectivity index (χ1v) is 9.91. The van der Waals surface area contributed by atoms with Gasteiger partial charge in [0.25, 0.3) is 0 Å². The Labute approximate surface area is 167 Å². The molecule has 1 aromatic heterocycles. The molecular weight excluding hydrogens is 384 g/mol. The summed E-state index contributed by atoms with van der Waals surface area (Å²) in [4.78, 5) is 16.4. The summed E-state index contributed by atoms with van der Waals surface area (Å²) in [6.07, 6.45) is 1.89. The summed E-state index contributed by atoms with van der Waals surface area (Å²) >= 11 is 7.33. The minimum atomic E-state index is -0.107. The van der Waals surface area contributed by atoms with Crippen LogP contribution >= 0.6 is 22.9 Å². The summed E-state index contributed by atoms with van der Waals surface area (Å²) in [5, 5.41) is 21.6. The zero-order chi connectivity index (χ0) is 19.4. The average molecular weight is 405 g/mol. The molecule has 0 saturated carbocycles. The summed E-state index contributed by atoms with van der Waals surface area (Å²) < 4.78 is 0. The lowest BCUT2D eigenvalue weighted by atomic mass is 10.1. The molecule has 0 bridgehead atoms. The van der Waals surface area contributed by atoms with Crippen LogP contribution in [0.2, 0.25) is 5.02 Å². The van der Waals surface area contributed by atoms with Crippen LogP contribution in [0.5, 0.6) is 0 Å². The number of likely N-dealkylation sites (N-methyl/N-ethyl adjacent to an activating group) is 1. The Kier molecular flexibility index (Phi) is 6.14. The van der Waals surface area contributed by atoms with Crippen molar-refractivity contribution >= 4 is 34.1 Å². The van der Waals surface area contributed by atoms with E-state index in [9.17, 15) is 4.79 Å². The van der Waals surface area contributed by atoms with Gasteiger partial charge in [-0.2, -0.15) is 5.26 Å². The van der Waals surface area contributed by atoms with Gasteiger partial charge in [0, 0.05) is 31.7 Å². The van der Waals surface area contributed by atoms with E-state index < -0.39 is 0 Å². The number of nitrogens with one attached hydrogen (secondary N) is 1. The molecule has 1 fully saturated rings. The van der Waals surface area contributed by atoms with E-state index in [2.05, 4.69) is 20.4 Å². The summed E-state index contributed by atoms with van der Waals surface area (Å²) in [7, 11) is 1.82. The Morgan fingerprint density at radius 1 is 1.52 bits per heavy atom. The Morgan fingerprint density at radius 2 is 2.33 bits per heavy atom. The van der Waals surface area contributed by atoms with E-state index in [4.69, 9.17) is 16.9 Å². The van der Waals surface area contributed by atoms with Crippen LogP contribution < -0.4 is 10.2 Å². The number of aromatic nitrogens is 2. The van der Waals surface area contributed by atoms with Gasteiger partial charge in [-0.1, -0.05) is 35.1 Å². The van der Waals surface area contributed by atoms with Crippen LogP contribution in [0, 0.1) is 18.3 Å². The smallest absolute Gasteiger partial charge is 0.317 e. The molecule has 1 saturated heterocycles. The summed E-state index contributed by atoms with van der Waals surface area (Å²) in [6.45, 7) is 3.95. The van der Waals surface area contributed by atoms with Crippen LogP contribution in [0.3, 0.4) is 0 Å². The van der Waals surface area contributed by atoms with Gasteiger partial charge >= 0.3 is 6.03 Å². The molecule has 1 aliphatic heterocycles. The SMILES string of the molecule is Cc1cc(CNC(=O)N(C)[C@@H]2CCCN(c3nnc(C#N)s3)C2)ccc1Cl. The van der Waals surface area contributed by atoms with Crippen molar-refractivity contribution in [3.8, 4) is 6.07 Å². The first-order chi connectivity index (χ1) is 13.0. The van der Waals surface area contributed by atoms with Crippen LogP contribution in [0.1, 0.15) is 29.0 Å². The molecule has 1 aliphatic rings.